The molecule has 1 saturated heterocycles. The van der Waals surface area contributed by atoms with Crippen molar-refractivity contribution in [1.29, 1.82) is 0 Å². The largest absolute Gasteiger partial charge is 0.465 e. The molecule has 0 spiro atoms. The van der Waals surface area contributed by atoms with Gasteiger partial charge in [0.1, 0.15) is 0 Å². The lowest BCUT2D eigenvalue weighted by molar-refractivity contribution is -0.145. The zero-order valence-corrected chi connectivity index (χ0v) is 20.4. The SMILES string of the molecule is CCCCOC(=O)CN1CCc2ccc(C(=O)Nc3ccc(/C=N/N4CCOCC4)cc3)cc2C1. The predicted octanol–water partition coefficient (Wildman–Crippen LogP) is 3.31. The summed E-state index contributed by atoms with van der Waals surface area (Å²) in [6.07, 6.45) is 4.57. The molecular weight excluding hydrogens is 444 g/mol. The summed E-state index contributed by atoms with van der Waals surface area (Å²) < 4.78 is 10.6. The molecular formula is C27H34N4O4. The zero-order valence-electron chi connectivity index (χ0n) is 20.4. The van der Waals surface area contributed by atoms with E-state index in [4.69, 9.17) is 9.47 Å². The summed E-state index contributed by atoms with van der Waals surface area (Å²) >= 11 is 0. The highest BCUT2D eigenvalue weighted by Gasteiger charge is 2.20. The van der Waals surface area contributed by atoms with Crippen molar-refractivity contribution in [2.75, 3.05) is 51.3 Å². The Bertz CT molecular complexity index is 1030. The zero-order chi connectivity index (χ0) is 24.5. The Hall–Kier alpha value is -3.23. The van der Waals surface area contributed by atoms with Gasteiger partial charge >= 0.3 is 5.97 Å². The number of fused-ring (bicyclic) bond motifs is 1. The summed E-state index contributed by atoms with van der Waals surface area (Å²) in [5.41, 5.74) is 4.61. The van der Waals surface area contributed by atoms with Gasteiger partial charge in [-0.3, -0.25) is 19.5 Å². The number of hydrazone groups is 1. The molecule has 1 amide bonds. The third-order valence-electron chi connectivity index (χ3n) is 6.20. The molecule has 8 heteroatoms. The number of nitrogens with one attached hydrogen (secondary N) is 1. The first-order valence-corrected chi connectivity index (χ1v) is 12.4. The van der Waals surface area contributed by atoms with Crippen molar-refractivity contribution in [1.82, 2.24) is 9.91 Å². The van der Waals surface area contributed by atoms with E-state index in [1.807, 2.05) is 53.7 Å². The van der Waals surface area contributed by atoms with Crippen LogP contribution in [0, 0.1) is 0 Å². The van der Waals surface area contributed by atoms with E-state index in [1.165, 1.54) is 5.56 Å². The normalized spacial score (nSPS) is 16.2. The summed E-state index contributed by atoms with van der Waals surface area (Å²) in [7, 11) is 0. The number of nitrogens with zero attached hydrogens (tertiary/aromatic N) is 3. The van der Waals surface area contributed by atoms with E-state index < -0.39 is 0 Å². The molecule has 0 aliphatic carbocycles. The number of esters is 1. The van der Waals surface area contributed by atoms with E-state index >= 15 is 0 Å². The van der Waals surface area contributed by atoms with Crippen molar-refractivity contribution < 1.29 is 19.1 Å². The van der Waals surface area contributed by atoms with Gasteiger partial charge in [0, 0.05) is 24.3 Å². The molecule has 1 N–H and O–H groups in total. The molecule has 186 valence electrons. The van der Waals surface area contributed by atoms with Crippen molar-refractivity contribution in [2.24, 2.45) is 5.10 Å². The summed E-state index contributed by atoms with van der Waals surface area (Å²) in [6, 6.07) is 13.4. The molecule has 35 heavy (non-hydrogen) atoms. The smallest absolute Gasteiger partial charge is 0.320 e. The van der Waals surface area contributed by atoms with Crippen molar-refractivity contribution >= 4 is 23.8 Å². The Kier molecular flexibility index (Phi) is 8.86. The van der Waals surface area contributed by atoms with E-state index in [0.29, 0.717) is 31.9 Å². The number of anilines is 1. The lowest BCUT2D eigenvalue weighted by Crippen LogP contribution is -2.35. The second-order valence-corrected chi connectivity index (χ2v) is 8.90. The van der Waals surface area contributed by atoms with Crippen LogP contribution >= 0.6 is 0 Å². The Morgan fingerprint density at radius 3 is 2.66 bits per heavy atom. The number of benzene rings is 2. The Balaban J connectivity index is 1.31. The van der Waals surface area contributed by atoms with Gasteiger partial charge in [-0.1, -0.05) is 31.5 Å². The number of amides is 1. The molecule has 2 aromatic carbocycles. The van der Waals surface area contributed by atoms with Crippen LogP contribution in [0.2, 0.25) is 0 Å². The van der Waals surface area contributed by atoms with Crippen LogP contribution in [0.5, 0.6) is 0 Å². The molecule has 0 aromatic heterocycles. The van der Waals surface area contributed by atoms with Gasteiger partial charge < -0.3 is 14.8 Å². The molecule has 2 aliphatic heterocycles. The number of hydrogen-bond acceptors (Lipinski definition) is 7. The average Bonchev–Trinajstić information content (AvgIpc) is 2.88. The van der Waals surface area contributed by atoms with Crippen molar-refractivity contribution in [3.05, 3.63) is 64.7 Å². The second kappa shape index (κ2) is 12.5. The second-order valence-electron chi connectivity index (χ2n) is 8.90. The molecule has 2 aromatic rings. The van der Waals surface area contributed by atoms with Gasteiger partial charge in [-0.15, -0.1) is 0 Å². The van der Waals surface area contributed by atoms with E-state index in [0.717, 1.165) is 55.7 Å². The number of ether oxygens (including phenoxy) is 2. The summed E-state index contributed by atoms with van der Waals surface area (Å²) in [6.45, 7) is 7.27. The van der Waals surface area contributed by atoms with Crippen LogP contribution in [0.1, 0.15) is 46.8 Å². The quantitative estimate of drug-likeness (QED) is 0.338. The Morgan fingerprint density at radius 2 is 1.89 bits per heavy atom. The van der Waals surface area contributed by atoms with Crippen molar-refractivity contribution in [3.8, 4) is 0 Å². The number of rotatable bonds is 9. The fourth-order valence-corrected chi connectivity index (χ4v) is 4.12. The van der Waals surface area contributed by atoms with Crippen molar-refractivity contribution in [2.45, 2.75) is 32.7 Å². The molecule has 0 saturated carbocycles. The number of carbonyl (C=O) groups excluding carboxylic acids is 2. The van der Waals surface area contributed by atoms with Gasteiger partial charge in [0.2, 0.25) is 0 Å². The third-order valence-corrected chi connectivity index (χ3v) is 6.20. The molecule has 0 atom stereocenters. The highest BCUT2D eigenvalue weighted by molar-refractivity contribution is 6.04. The minimum absolute atomic E-state index is 0.154. The lowest BCUT2D eigenvalue weighted by Gasteiger charge is -2.28. The van der Waals surface area contributed by atoms with Crippen molar-refractivity contribution in [3.63, 3.8) is 0 Å². The maximum atomic E-state index is 12.9. The standard InChI is InChI=1S/C27H34N4O4/c1-2-3-14-35-26(32)20-30-11-10-22-6-7-23(17-24(22)19-30)27(33)29-25-8-4-21(5-9-25)18-28-31-12-15-34-16-13-31/h4-9,17-18H,2-3,10-16,19-20H2,1H3,(H,29,33)/b28-18+. The number of morpholine rings is 1. The molecule has 2 heterocycles. The summed E-state index contributed by atoms with van der Waals surface area (Å²) in [5.74, 6) is -0.340. The number of hydrogen-bond donors (Lipinski definition) is 1. The highest BCUT2D eigenvalue weighted by atomic mass is 16.5. The fourth-order valence-electron chi connectivity index (χ4n) is 4.12. The first-order chi connectivity index (χ1) is 17.1. The molecule has 1 fully saturated rings. The van der Waals surface area contributed by atoms with Crippen LogP contribution in [0.15, 0.2) is 47.6 Å². The highest BCUT2D eigenvalue weighted by Crippen LogP contribution is 2.21. The first-order valence-electron chi connectivity index (χ1n) is 12.4. The molecule has 0 radical (unpaired) electrons. The van der Waals surface area contributed by atoms with Gasteiger partial charge in [-0.2, -0.15) is 5.10 Å². The monoisotopic (exact) mass is 478 g/mol. The maximum Gasteiger partial charge on any atom is 0.320 e. The molecule has 0 bridgehead atoms. The van der Waals surface area contributed by atoms with Gasteiger partial charge in [0.15, 0.2) is 0 Å². The van der Waals surface area contributed by atoms with Crippen LogP contribution in [0.4, 0.5) is 5.69 Å². The van der Waals surface area contributed by atoms with Gasteiger partial charge in [0.05, 0.1) is 45.7 Å². The molecule has 4 rings (SSSR count). The summed E-state index contributed by atoms with van der Waals surface area (Å²) in [4.78, 5) is 27.0. The van der Waals surface area contributed by atoms with Gasteiger partial charge in [0.25, 0.3) is 5.91 Å². The maximum absolute atomic E-state index is 12.9. The summed E-state index contributed by atoms with van der Waals surface area (Å²) in [5, 5.41) is 9.45. The van der Waals surface area contributed by atoms with Crippen LogP contribution in [0.3, 0.4) is 0 Å². The van der Waals surface area contributed by atoms with E-state index in [2.05, 4.69) is 22.2 Å². The Labute approximate surface area is 206 Å². The van der Waals surface area contributed by atoms with Crippen LogP contribution in [-0.2, 0) is 27.2 Å². The fraction of sp³-hybridized carbons (Fsp3) is 0.444. The first kappa shape index (κ1) is 24.9. The van der Waals surface area contributed by atoms with Gasteiger partial charge in [-0.25, -0.2) is 0 Å². The molecule has 2 aliphatic rings. The lowest BCUT2D eigenvalue weighted by atomic mass is 9.97. The van der Waals surface area contributed by atoms with E-state index in [-0.39, 0.29) is 18.4 Å². The molecule has 8 nitrogen and oxygen atoms in total. The Morgan fingerprint density at radius 1 is 1.09 bits per heavy atom. The van der Waals surface area contributed by atoms with E-state index in [9.17, 15) is 9.59 Å². The average molecular weight is 479 g/mol. The molecule has 0 unspecified atom stereocenters. The topological polar surface area (TPSA) is 83.5 Å². The minimum Gasteiger partial charge on any atom is -0.465 e. The van der Waals surface area contributed by atoms with E-state index in [1.54, 1.807) is 0 Å². The number of unbranched alkanes of at least 4 members (excludes halogenated alkanes) is 1. The third kappa shape index (κ3) is 7.37. The minimum atomic E-state index is -0.186. The number of carbonyl (C=O) groups is 2. The van der Waals surface area contributed by atoms with Gasteiger partial charge in [-0.05, 0) is 53.8 Å². The van der Waals surface area contributed by atoms with Crippen LogP contribution in [-0.4, -0.2) is 74.0 Å². The predicted molar refractivity (Wildman–Crippen MR) is 136 cm³/mol. The van der Waals surface area contributed by atoms with Crippen LogP contribution < -0.4 is 5.32 Å². The van der Waals surface area contributed by atoms with Crippen LogP contribution in [0.25, 0.3) is 0 Å².